The van der Waals surface area contributed by atoms with E-state index in [0.29, 0.717) is 30.5 Å². The Hall–Kier alpha value is -0.120. The van der Waals surface area contributed by atoms with Crippen molar-refractivity contribution < 1.29 is 5.11 Å². The third kappa shape index (κ3) is 5.05. The smallest absolute Gasteiger partial charge is 0.0462 e. The highest BCUT2D eigenvalue weighted by Crippen LogP contribution is 2.30. The summed E-state index contributed by atoms with van der Waals surface area (Å²) < 4.78 is 0. The van der Waals surface area contributed by atoms with Crippen LogP contribution in [-0.4, -0.2) is 36.9 Å². The van der Waals surface area contributed by atoms with Gasteiger partial charge in [-0.05, 0) is 64.0 Å². The van der Waals surface area contributed by atoms with E-state index >= 15 is 0 Å². The van der Waals surface area contributed by atoms with E-state index in [2.05, 4.69) is 17.6 Å². The van der Waals surface area contributed by atoms with Crippen molar-refractivity contribution in [2.45, 2.75) is 70.4 Å². The molecule has 2 aliphatic rings. The van der Waals surface area contributed by atoms with Crippen LogP contribution >= 0.6 is 0 Å². The van der Waals surface area contributed by atoms with E-state index in [-0.39, 0.29) is 0 Å². The van der Waals surface area contributed by atoms with Crippen molar-refractivity contribution in [3.63, 3.8) is 0 Å². The number of aliphatic hydroxyl groups is 1. The molecule has 112 valence electrons. The average molecular weight is 268 g/mol. The zero-order valence-corrected chi connectivity index (χ0v) is 12.5. The standard InChI is InChI=1S/C16H32N2O/c1-13(10-16-8-3-2-4-9-17-16)18-11-14-6-5-7-15(14)12-19/h13-19H,2-12H2,1H3. The highest BCUT2D eigenvalue weighted by molar-refractivity contribution is 4.81. The number of nitrogens with one attached hydrogen (secondary N) is 2. The molecular weight excluding hydrogens is 236 g/mol. The molecule has 0 amide bonds. The lowest BCUT2D eigenvalue weighted by Gasteiger charge is -2.24. The number of hydrogen-bond acceptors (Lipinski definition) is 3. The first-order valence-electron chi connectivity index (χ1n) is 8.37. The first-order valence-corrected chi connectivity index (χ1v) is 8.37. The maximum absolute atomic E-state index is 9.36. The normalized spacial score (nSPS) is 34.1. The predicted octanol–water partition coefficient (Wildman–Crippen LogP) is 2.30. The minimum atomic E-state index is 0.380. The van der Waals surface area contributed by atoms with Crippen molar-refractivity contribution in [2.24, 2.45) is 11.8 Å². The Morgan fingerprint density at radius 3 is 2.79 bits per heavy atom. The van der Waals surface area contributed by atoms with Crippen molar-refractivity contribution in [3.05, 3.63) is 0 Å². The summed E-state index contributed by atoms with van der Waals surface area (Å²) in [6, 6.07) is 1.30. The molecule has 2 rings (SSSR count). The summed E-state index contributed by atoms with van der Waals surface area (Å²) in [6.07, 6.45) is 10.5. The fourth-order valence-electron chi connectivity index (χ4n) is 3.79. The predicted molar refractivity (Wildman–Crippen MR) is 80.3 cm³/mol. The van der Waals surface area contributed by atoms with Gasteiger partial charge in [-0.3, -0.25) is 0 Å². The summed E-state index contributed by atoms with van der Waals surface area (Å²) in [4.78, 5) is 0. The van der Waals surface area contributed by atoms with Crippen molar-refractivity contribution in [1.82, 2.24) is 10.6 Å². The maximum Gasteiger partial charge on any atom is 0.0462 e. The van der Waals surface area contributed by atoms with E-state index < -0.39 is 0 Å². The highest BCUT2D eigenvalue weighted by Gasteiger charge is 2.26. The fourth-order valence-corrected chi connectivity index (χ4v) is 3.79. The molecule has 1 saturated heterocycles. The van der Waals surface area contributed by atoms with E-state index in [9.17, 15) is 5.11 Å². The van der Waals surface area contributed by atoms with Crippen LogP contribution in [-0.2, 0) is 0 Å². The molecule has 4 atom stereocenters. The number of hydrogen-bond donors (Lipinski definition) is 3. The van der Waals surface area contributed by atoms with E-state index in [0.717, 1.165) is 6.54 Å². The molecule has 0 bridgehead atoms. The quantitative estimate of drug-likeness (QED) is 0.692. The molecule has 0 aromatic heterocycles. The highest BCUT2D eigenvalue weighted by atomic mass is 16.3. The van der Waals surface area contributed by atoms with Crippen LogP contribution in [0.3, 0.4) is 0 Å². The molecule has 19 heavy (non-hydrogen) atoms. The summed E-state index contributed by atoms with van der Waals surface area (Å²) in [5.74, 6) is 1.25. The van der Waals surface area contributed by atoms with Crippen LogP contribution < -0.4 is 10.6 Å². The first-order chi connectivity index (χ1) is 9.29. The van der Waals surface area contributed by atoms with Crippen LogP contribution in [0.25, 0.3) is 0 Å². The zero-order valence-electron chi connectivity index (χ0n) is 12.5. The molecule has 0 aromatic carbocycles. The fraction of sp³-hybridized carbons (Fsp3) is 1.00. The summed E-state index contributed by atoms with van der Waals surface area (Å²) >= 11 is 0. The van der Waals surface area contributed by atoms with Crippen LogP contribution in [0.4, 0.5) is 0 Å². The molecule has 1 saturated carbocycles. The minimum absolute atomic E-state index is 0.380. The second kappa shape index (κ2) is 8.23. The SMILES string of the molecule is CC(CC1CCCCCN1)NCC1CCCC1CO. The van der Waals surface area contributed by atoms with Gasteiger partial charge in [0.05, 0.1) is 0 Å². The Bertz CT molecular complexity index is 239. The van der Waals surface area contributed by atoms with Crippen molar-refractivity contribution in [1.29, 1.82) is 0 Å². The Balaban J connectivity index is 1.64. The van der Waals surface area contributed by atoms with E-state index in [4.69, 9.17) is 0 Å². The van der Waals surface area contributed by atoms with Crippen LogP contribution in [0.15, 0.2) is 0 Å². The first kappa shape index (κ1) is 15.3. The molecule has 3 N–H and O–H groups in total. The van der Waals surface area contributed by atoms with Gasteiger partial charge in [0.15, 0.2) is 0 Å². The van der Waals surface area contributed by atoms with Gasteiger partial charge in [0.25, 0.3) is 0 Å². The van der Waals surface area contributed by atoms with Gasteiger partial charge in [-0.15, -0.1) is 0 Å². The molecule has 1 heterocycles. The van der Waals surface area contributed by atoms with Crippen molar-refractivity contribution in [2.75, 3.05) is 19.7 Å². The van der Waals surface area contributed by atoms with Gasteiger partial charge < -0.3 is 15.7 Å². The summed E-state index contributed by atoms with van der Waals surface area (Å²) in [5, 5.41) is 16.7. The molecule has 0 radical (unpaired) electrons. The average Bonchev–Trinajstić information content (AvgIpc) is 2.72. The Kier molecular flexibility index (Phi) is 6.62. The van der Waals surface area contributed by atoms with E-state index in [1.54, 1.807) is 0 Å². The molecule has 3 nitrogen and oxygen atoms in total. The molecule has 4 unspecified atom stereocenters. The second-order valence-electron chi connectivity index (χ2n) is 6.68. The molecule has 0 spiro atoms. The van der Waals surface area contributed by atoms with Crippen LogP contribution in [0.1, 0.15) is 58.3 Å². The van der Waals surface area contributed by atoms with Gasteiger partial charge in [0.1, 0.15) is 0 Å². The Morgan fingerprint density at radius 2 is 1.95 bits per heavy atom. The van der Waals surface area contributed by atoms with Crippen LogP contribution in [0.2, 0.25) is 0 Å². The lowest BCUT2D eigenvalue weighted by atomic mass is 9.96. The van der Waals surface area contributed by atoms with Crippen LogP contribution in [0, 0.1) is 11.8 Å². The van der Waals surface area contributed by atoms with Crippen molar-refractivity contribution >= 4 is 0 Å². The van der Waals surface area contributed by atoms with Gasteiger partial charge in [-0.1, -0.05) is 19.3 Å². The second-order valence-corrected chi connectivity index (χ2v) is 6.68. The van der Waals surface area contributed by atoms with Crippen LogP contribution in [0.5, 0.6) is 0 Å². The minimum Gasteiger partial charge on any atom is -0.396 e. The summed E-state index contributed by atoms with van der Waals surface area (Å²) in [7, 11) is 0. The maximum atomic E-state index is 9.36. The third-order valence-corrected chi connectivity index (χ3v) is 5.08. The molecule has 0 aromatic rings. The van der Waals surface area contributed by atoms with Crippen molar-refractivity contribution in [3.8, 4) is 0 Å². The molecule has 1 aliphatic heterocycles. The topological polar surface area (TPSA) is 44.3 Å². The summed E-state index contributed by atoms with van der Waals surface area (Å²) in [6.45, 7) is 4.99. The number of aliphatic hydroxyl groups excluding tert-OH is 1. The Morgan fingerprint density at radius 1 is 1.11 bits per heavy atom. The molecule has 3 heteroatoms. The third-order valence-electron chi connectivity index (χ3n) is 5.08. The van der Waals surface area contributed by atoms with E-state index in [1.165, 1.54) is 57.9 Å². The summed E-state index contributed by atoms with van der Waals surface area (Å²) in [5.41, 5.74) is 0. The molecule has 1 aliphatic carbocycles. The van der Waals surface area contributed by atoms with Gasteiger partial charge in [0.2, 0.25) is 0 Å². The zero-order chi connectivity index (χ0) is 13.5. The number of rotatable bonds is 6. The largest absolute Gasteiger partial charge is 0.396 e. The van der Waals surface area contributed by atoms with Gasteiger partial charge in [-0.25, -0.2) is 0 Å². The van der Waals surface area contributed by atoms with Gasteiger partial charge in [0, 0.05) is 18.7 Å². The van der Waals surface area contributed by atoms with Gasteiger partial charge >= 0.3 is 0 Å². The lowest BCUT2D eigenvalue weighted by Crippen LogP contribution is -2.39. The lowest BCUT2D eigenvalue weighted by molar-refractivity contribution is 0.189. The van der Waals surface area contributed by atoms with Gasteiger partial charge in [-0.2, -0.15) is 0 Å². The van der Waals surface area contributed by atoms with E-state index in [1.807, 2.05) is 0 Å². The molecule has 2 fully saturated rings. The Labute approximate surface area is 118 Å². The molecular formula is C16H32N2O. The monoisotopic (exact) mass is 268 g/mol.